The average Bonchev–Trinajstić information content (AvgIpc) is 3.36. The van der Waals surface area contributed by atoms with Crippen LogP contribution < -0.4 is 31.3 Å². The summed E-state index contributed by atoms with van der Waals surface area (Å²) in [5.41, 5.74) is 29.5. The number of nitrogens with zero attached hydrogens (tertiary/aromatic N) is 3. The van der Waals surface area contributed by atoms with Gasteiger partial charge in [-0.1, -0.05) is 162 Å². The number of hydrogen-bond donors (Lipinski definition) is 0. The molecule has 4 heterocycles. The molecule has 7 aromatic rings. The molecule has 3 aliphatic carbocycles. The minimum absolute atomic E-state index is 0.000318. The van der Waals surface area contributed by atoms with Gasteiger partial charge in [-0.25, -0.2) is 0 Å². The molecule has 3 aliphatic heterocycles. The second kappa shape index (κ2) is 17.4. The Morgan fingerprint density at radius 2 is 1.36 bits per heavy atom. The van der Waals surface area contributed by atoms with E-state index >= 15 is 0 Å². The van der Waals surface area contributed by atoms with Crippen LogP contribution in [0, 0.1) is 0 Å². The molecule has 78 heavy (non-hydrogen) atoms. The van der Waals surface area contributed by atoms with Gasteiger partial charge in [-0.15, -0.1) is 5.73 Å². The van der Waals surface area contributed by atoms with Gasteiger partial charge < -0.3 is 19.1 Å². The number of benzene rings is 6. The van der Waals surface area contributed by atoms with Crippen molar-refractivity contribution in [3.8, 4) is 0 Å². The number of hydrogen-bond acceptors (Lipinski definition) is 4. The molecule has 1 saturated carbocycles. The van der Waals surface area contributed by atoms with E-state index in [1.54, 1.807) is 0 Å². The zero-order valence-corrected chi connectivity index (χ0v) is 51.3. The van der Waals surface area contributed by atoms with Crippen molar-refractivity contribution >= 4 is 108 Å². The number of halogens is 1. The molecule has 4 unspecified atom stereocenters. The van der Waals surface area contributed by atoms with Crippen LogP contribution >= 0.6 is 22.6 Å². The Morgan fingerprint density at radius 1 is 0.667 bits per heavy atom. The summed E-state index contributed by atoms with van der Waals surface area (Å²) in [7, 11) is 0. The van der Waals surface area contributed by atoms with Gasteiger partial charge in [0.15, 0.2) is 0 Å². The van der Waals surface area contributed by atoms with Gasteiger partial charge in [0.1, 0.15) is 5.58 Å². The van der Waals surface area contributed by atoms with E-state index in [0.29, 0.717) is 11.8 Å². The van der Waals surface area contributed by atoms with Crippen LogP contribution in [0.1, 0.15) is 199 Å². The summed E-state index contributed by atoms with van der Waals surface area (Å²) >= 11 is 2.76. The number of allylic oxidation sites excluding steroid dienone is 3. The van der Waals surface area contributed by atoms with Gasteiger partial charge in [-0.05, 0) is 214 Å². The highest BCUT2D eigenvalue weighted by Gasteiger charge is 2.58. The maximum absolute atomic E-state index is 7.76. The van der Waals surface area contributed by atoms with Crippen molar-refractivity contribution in [1.82, 2.24) is 0 Å². The molecule has 4 nitrogen and oxygen atoms in total. The fraction of sp³-hybridized carbons (Fsp3) is 0.403. The summed E-state index contributed by atoms with van der Waals surface area (Å²) in [4.78, 5) is 8.12. The van der Waals surface area contributed by atoms with Crippen LogP contribution in [0.15, 0.2) is 132 Å². The minimum Gasteiger partial charge on any atom is -0.468 e. The molecule has 398 valence electrons. The lowest BCUT2D eigenvalue weighted by molar-refractivity contribution is 0.195. The van der Waals surface area contributed by atoms with Crippen molar-refractivity contribution in [2.45, 2.75) is 185 Å². The van der Waals surface area contributed by atoms with Crippen molar-refractivity contribution < 1.29 is 4.42 Å². The third-order valence-corrected chi connectivity index (χ3v) is 20.9. The number of alkyl halides is 1. The number of furan rings is 1. The van der Waals surface area contributed by atoms with Gasteiger partial charge in [0.25, 0.3) is 6.71 Å². The van der Waals surface area contributed by atoms with Gasteiger partial charge in [0, 0.05) is 54.0 Å². The van der Waals surface area contributed by atoms with E-state index in [1.165, 1.54) is 131 Å². The Bertz CT molecular complexity index is 3770. The Kier molecular flexibility index (Phi) is 11.5. The Morgan fingerprint density at radius 3 is 2.04 bits per heavy atom. The summed E-state index contributed by atoms with van der Waals surface area (Å²) < 4.78 is 7.76. The molecule has 0 amide bonds. The summed E-state index contributed by atoms with van der Waals surface area (Å²) in [6.45, 7) is 35.8. The molecule has 4 atom stereocenters. The fourth-order valence-corrected chi connectivity index (χ4v) is 15.9. The molecule has 0 bridgehead atoms. The lowest BCUT2D eigenvalue weighted by Crippen LogP contribution is -2.61. The lowest BCUT2D eigenvalue weighted by Gasteiger charge is -2.51. The standard InChI is InChI=1S/C72H79BIN3O/c1-43(2)45-22-26-49(27-23-45)75-60-31-25-48(67(4,5)6)37-58(60)73-64-61(75)39-51(77-59-30-24-47(46-20-16-17-21-46)36-57(59)70(13)33-18-19-34-72(70,77)15)40-62(64)76(50-28-29-54(68(7,8)9)56(38-50)69(10,11)12)65-53-41-55-52(42-63(53)78-66(65)73)44(3)32-35-71(55,14)74/h16,20-31,36-44H,18-19,32-35H2,1-15H3. The molecule has 0 radical (unpaired) electrons. The van der Waals surface area contributed by atoms with Gasteiger partial charge in [-0.3, -0.25) is 0 Å². The van der Waals surface area contributed by atoms with Gasteiger partial charge in [0.05, 0.1) is 16.9 Å². The normalized spacial score (nSPS) is 23.1. The molecule has 13 rings (SSSR count). The quantitative estimate of drug-likeness (QED) is 0.0741. The molecule has 6 aliphatic rings. The van der Waals surface area contributed by atoms with Crippen molar-refractivity contribution in [2.24, 2.45) is 0 Å². The molecular weight excluding hydrogens is 1060 g/mol. The molecule has 1 aromatic heterocycles. The first-order valence-corrected chi connectivity index (χ1v) is 30.4. The topological polar surface area (TPSA) is 22.9 Å². The molecule has 0 saturated heterocycles. The lowest BCUT2D eigenvalue weighted by atomic mass is 9.35. The van der Waals surface area contributed by atoms with Crippen LogP contribution in [0.25, 0.3) is 16.5 Å². The van der Waals surface area contributed by atoms with Crippen LogP contribution in [0.5, 0.6) is 0 Å². The van der Waals surface area contributed by atoms with Gasteiger partial charge >= 0.3 is 0 Å². The zero-order chi connectivity index (χ0) is 55.0. The van der Waals surface area contributed by atoms with E-state index in [2.05, 4.69) is 268 Å². The Labute approximate surface area is 480 Å². The van der Waals surface area contributed by atoms with Crippen LogP contribution in [0.2, 0.25) is 0 Å². The predicted octanol–water partition coefficient (Wildman–Crippen LogP) is 18.9. The zero-order valence-electron chi connectivity index (χ0n) is 49.1. The van der Waals surface area contributed by atoms with Crippen molar-refractivity contribution in [2.75, 3.05) is 14.7 Å². The first-order chi connectivity index (χ1) is 36.8. The average molecular weight is 1140 g/mol. The van der Waals surface area contributed by atoms with E-state index < -0.39 is 0 Å². The van der Waals surface area contributed by atoms with Gasteiger partial charge in [0.2, 0.25) is 0 Å². The van der Waals surface area contributed by atoms with E-state index in [1.807, 2.05) is 0 Å². The van der Waals surface area contributed by atoms with E-state index in [4.69, 9.17) is 4.42 Å². The second-order valence-electron chi connectivity index (χ2n) is 28.4. The Balaban J connectivity index is 1.18. The highest BCUT2D eigenvalue weighted by atomic mass is 127. The van der Waals surface area contributed by atoms with Crippen molar-refractivity contribution in [3.05, 3.63) is 172 Å². The van der Waals surface area contributed by atoms with Crippen LogP contribution in [0.4, 0.5) is 45.5 Å². The molecule has 0 spiro atoms. The third-order valence-electron chi connectivity index (χ3n) is 19.8. The Hall–Kier alpha value is -5.69. The SMILES string of the molecule is CC(C)c1ccc(N2c3ccc(C(C)(C)C)cc3B3c4oc5cc6c(cc5c4N(c4ccc(C(C)(C)C)c(C(C)(C)C)c4)c4cc(N5c7ccc(C8=CC=C=C8)cc7C7(C)CCCCC57C)cc2c43)C(C)(I)CCC6C)cc1. The van der Waals surface area contributed by atoms with Crippen molar-refractivity contribution in [3.63, 3.8) is 0 Å². The highest BCUT2D eigenvalue weighted by molar-refractivity contribution is 14.1. The first-order valence-electron chi connectivity index (χ1n) is 29.3. The van der Waals surface area contributed by atoms with E-state index in [-0.39, 0.29) is 37.3 Å². The molecule has 6 aromatic carbocycles. The summed E-state index contributed by atoms with van der Waals surface area (Å²) in [6, 6.07) is 41.9. The van der Waals surface area contributed by atoms with E-state index in [0.717, 1.165) is 30.5 Å². The maximum Gasteiger partial charge on any atom is 0.297 e. The van der Waals surface area contributed by atoms with Crippen LogP contribution in [-0.2, 0) is 25.1 Å². The summed E-state index contributed by atoms with van der Waals surface area (Å²) in [5, 5.41) is 1.20. The molecule has 1 fully saturated rings. The van der Waals surface area contributed by atoms with E-state index in [9.17, 15) is 0 Å². The largest absolute Gasteiger partial charge is 0.468 e. The fourth-order valence-electron chi connectivity index (χ4n) is 15.1. The highest BCUT2D eigenvalue weighted by Crippen LogP contribution is 2.63. The maximum atomic E-state index is 7.76. The third kappa shape index (κ3) is 7.64. The first kappa shape index (κ1) is 51.7. The van der Waals surface area contributed by atoms with Gasteiger partial charge in [-0.2, -0.15) is 0 Å². The smallest absolute Gasteiger partial charge is 0.297 e. The molecular formula is C72H79BIN3O. The van der Waals surface area contributed by atoms with Crippen LogP contribution in [0.3, 0.4) is 0 Å². The van der Waals surface area contributed by atoms with Crippen LogP contribution in [-0.4, -0.2) is 12.3 Å². The summed E-state index contributed by atoms with van der Waals surface area (Å²) in [6.07, 6.45) is 13.4. The minimum atomic E-state index is -0.191. The monoisotopic (exact) mass is 1140 g/mol. The summed E-state index contributed by atoms with van der Waals surface area (Å²) in [5.74, 6) is 0.869. The number of fused-ring (bicyclic) bond motifs is 10. The predicted molar refractivity (Wildman–Crippen MR) is 343 cm³/mol. The number of anilines is 8. The molecule has 0 N–H and O–H groups in total. The number of rotatable bonds is 5. The van der Waals surface area contributed by atoms with Crippen molar-refractivity contribution in [1.29, 1.82) is 0 Å². The molecule has 6 heteroatoms. The second-order valence-corrected chi connectivity index (χ2v) is 30.7.